The summed E-state index contributed by atoms with van der Waals surface area (Å²) in [6.45, 7) is 2.18. The van der Waals surface area contributed by atoms with E-state index in [4.69, 9.17) is 0 Å². The summed E-state index contributed by atoms with van der Waals surface area (Å²) >= 11 is 0. The number of aldehydes is 1. The van der Waals surface area contributed by atoms with Crippen molar-refractivity contribution in [1.29, 1.82) is 0 Å². The number of imidazole rings is 1. The summed E-state index contributed by atoms with van der Waals surface area (Å²) in [5.74, 6) is 1.63. The van der Waals surface area contributed by atoms with Crippen LogP contribution in [0.5, 0.6) is 0 Å². The van der Waals surface area contributed by atoms with Gasteiger partial charge in [0.2, 0.25) is 0 Å². The molecule has 2 aromatic rings. The minimum absolute atomic E-state index is 0.629. The average molecular weight is 243 g/mol. The first kappa shape index (κ1) is 11.4. The molecule has 4 heteroatoms. The quantitative estimate of drug-likeness (QED) is 0.834. The van der Waals surface area contributed by atoms with Gasteiger partial charge in [-0.2, -0.15) is 0 Å². The molecule has 2 aromatic heterocycles. The van der Waals surface area contributed by atoms with Gasteiger partial charge < -0.3 is 5.32 Å². The van der Waals surface area contributed by atoms with Gasteiger partial charge in [0, 0.05) is 6.42 Å². The molecule has 3 heterocycles. The number of nitrogens with one attached hydrogen (secondary N) is 1. The average Bonchev–Trinajstić information content (AvgIpc) is 2.83. The van der Waals surface area contributed by atoms with Crippen LogP contribution >= 0.6 is 0 Å². The van der Waals surface area contributed by atoms with E-state index < -0.39 is 0 Å². The number of carbonyl (C=O) groups excluding carboxylic acids is 1. The van der Waals surface area contributed by atoms with Gasteiger partial charge in [-0.3, -0.25) is 9.20 Å². The lowest BCUT2D eigenvalue weighted by Gasteiger charge is -2.22. The molecule has 0 saturated carbocycles. The number of piperidine rings is 1. The maximum Gasteiger partial charge on any atom is 0.166 e. The highest BCUT2D eigenvalue weighted by molar-refractivity contribution is 5.74. The van der Waals surface area contributed by atoms with Gasteiger partial charge in [0.15, 0.2) is 6.29 Å². The molecule has 0 aromatic carbocycles. The van der Waals surface area contributed by atoms with E-state index in [9.17, 15) is 4.79 Å². The van der Waals surface area contributed by atoms with Crippen LogP contribution in [0.4, 0.5) is 0 Å². The fourth-order valence-electron chi connectivity index (χ4n) is 2.73. The zero-order valence-electron chi connectivity index (χ0n) is 10.3. The van der Waals surface area contributed by atoms with Gasteiger partial charge in [0.05, 0.1) is 17.4 Å². The Labute approximate surface area is 106 Å². The molecular formula is C14H17N3O. The van der Waals surface area contributed by atoms with Crippen molar-refractivity contribution in [2.24, 2.45) is 5.92 Å². The smallest absolute Gasteiger partial charge is 0.166 e. The van der Waals surface area contributed by atoms with Gasteiger partial charge in [-0.1, -0.05) is 6.07 Å². The molecule has 1 aliphatic rings. The van der Waals surface area contributed by atoms with E-state index >= 15 is 0 Å². The lowest BCUT2D eigenvalue weighted by Crippen LogP contribution is -2.31. The predicted octanol–water partition coefficient (Wildman–Crippen LogP) is 1.69. The number of nitrogens with zero attached hydrogens (tertiary/aromatic N) is 2. The molecule has 1 aliphatic heterocycles. The molecule has 1 saturated heterocycles. The lowest BCUT2D eigenvalue weighted by molar-refractivity contribution is 0.111. The molecule has 0 radical (unpaired) electrons. The van der Waals surface area contributed by atoms with Crippen molar-refractivity contribution in [3.8, 4) is 0 Å². The van der Waals surface area contributed by atoms with Crippen molar-refractivity contribution in [3.63, 3.8) is 0 Å². The molecule has 3 rings (SSSR count). The molecule has 1 N–H and O–H groups in total. The molecule has 1 atom stereocenters. The number of aromatic nitrogens is 2. The monoisotopic (exact) mass is 243 g/mol. The SMILES string of the molecule is O=Cc1cccc2cnc(CC3CCCNC3)n12. The molecule has 94 valence electrons. The summed E-state index contributed by atoms with van der Waals surface area (Å²) in [7, 11) is 0. The molecule has 0 amide bonds. The van der Waals surface area contributed by atoms with Gasteiger partial charge in [-0.05, 0) is 44.0 Å². The molecule has 4 nitrogen and oxygen atoms in total. The number of fused-ring (bicyclic) bond motifs is 1. The van der Waals surface area contributed by atoms with Gasteiger partial charge in [-0.25, -0.2) is 4.98 Å². The standard InChI is InChI=1S/C14H17N3O/c18-10-13-5-1-4-12-9-16-14(17(12)13)7-11-3-2-6-15-8-11/h1,4-5,9-11,15H,2-3,6-8H2. The minimum Gasteiger partial charge on any atom is -0.316 e. The Morgan fingerprint density at radius 2 is 2.44 bits per heavy atom. The zero-order chi connectivity index (χ0) is 12.4. The van der Waals surface area contributed by atoms with E-state index in [0.29, 0.717) is 11.6 Å². The molecule has 0 bridgehead atoms. The van der Waals surface area contributed by atoms with Gasteiger partial charge in [0.1, 0.15) is 5.82 Å². The van der Waals surface area contributed by atoms with Crippen LogP contribution in [0.1, 0.15) is 29.2 Å². The Kier molecular flexibility index (Phi) is 3.11. The lowest BCUT2D eigenvalue weighted by atomic mass is 9.96. The summed E-state index contributed by atoms with van der Waals surface area (Å²) in [4.78, 5) is 15.6. The summed E-state index contributed by atoms with van der Waals surface area (Å²) in [6, 6.07) is 5.72. The summed E-state index contributed by atoms with van der Waals surface area (Å²) in [5.41, 5.74) is 1.68. The van der Waals surface area contributed by atoms with E-state index in [1.807, 2.05) is 28.8 Å². The third-order valence-corrected chi connectivity index (χ3v) is 3.65. The highest BCUT2D eigenvalue weighted by atomic mass is 16.1. The molecule has 0 spiro atoms. The Morgan fingerprint density at radius 3 is 3.22 bits per heavy atom. The van der Waals surface area contributed by atoms with Crippen molar-refractivity contribution >= 4 is 11.8 Å². The maximum absolute atomic E-state index is 11.1. The number of rotatable bonds is 3. The van der Waals surface area contributed by atoms with E-state index in [1.165, 1.54) is 12.8 Å². The number of pyridine rings is 1. The molecule has 1 unspecified atom stereocenters. The first-order valence-electron chi connectivity index (χ1n) is 6.50. The molecule has 18 heavy (non-hydrogen) atoms. The van der Waals surface area contributed by atoms with Crippen molar-refractivity contribution in [3.05, 3.63) is 35.9 Å². The fourth-order valence-corrected chi connectivity index (χ4v) is 2.73. The van der Waals surface area contributed by atoms with Gasteiger partial charge in [-0.15, -0.1) is 0 Å². The second-order valence-electron chi connectivity index (χ2n) is 4.92. The highest BCUT2D eigenvalue weighted by Crippen LogP contribution is 2.18. The Bertz CT molecular complexity index is 555. The maximum atomic E-state index is 11.1. The second-order valence-corrected chi connectivity index (χ2v) is 4.92. The topological polar surface area (TPSA) is 46.4 Å². The zero-order valence-corrected chi connectivity index (χ0v) is 10.3. The summed E-state index contributed by atoms with van der Waals surface area (Å²) in [5, 5.41) is 3.42. The van der Waals surface area contributed by atoms with Crippen LogP contribution in [0.15, 0.2) is 24.4 Å². The van der Waals surface area contributed by atoms with Crippen molar-refractivity contribution in [2.75, 3.05) is 13.1 Å². The van der Waals surface area contributed by atoms with Crippen LogP contribution in [-0.2, 0) is 6.42 Å². The largest absolute Gasteiger partial charge is 0.316 e. The predicted molar refractivity (Wildman–Crippen MR) is 69.9 cm³/mol. The molecule has 0 aliphatic carbocycles. The number of hydrogen-bond acceptors (Lipinski definition) is 3. The molecule has 1 fully saturated rings. The van der Waals surface area contributed by atoms with Crippen LogP contribution < -0.4 is 5.32 Å². The Balaban J connectivity index is 1.93. The van der Waals surface area contributed by atoms with E-state index in [1.54, 1.807) is 0 Å². The van der Waals surface area contributed by atoms with Crippen LogP contribution in [-0.4, -0.2) is 28.8 Å². The first-order chi connectivity index (χ1) is 8.88. The minimum atomic E-state index is 0.629. The Hall–Kier alpha value is -1.68. The highest BCUT2D eigenvalue weighted by Gasteiger charge is 2.16. The van der Waals surface area contributed by atoms with Crippen LogP contribution in [0.25, 0.3) is 5.52 Å². The summed E-state index contributed by atoms with van der Waals surface area (Å²) < 4.78 is 1.97. The third-order valence-electron chi connectivity index (χ3n) is 3.65. The van der Waals surface area contributed by atoms with Crippen molar-refractivity contribution in [1.82, 2.24) is 14.7 Å². The first-order valence-corrected chi connectivity index (χ1v) is 6.50. The van der Waals surface area contributed by atoms with Crippen LogP contribution in [0.2, 0.25) is 0 Å². The van der Waals surface area contributed by atoms with Crippen molar-refractivity contribution < 1.29 is 4.79 Å². The van der Waals surface area contributed by atoms with E-state index in [2.05, 4.69) is 10.3 Å². The summed E-state index contributed by atoms with van der Waals surface area (Å²) in [6.07, 6.45) is 6.15. The fraction of sp³-hybridized carbons (Fsp3) is 0.429. The number of carbonyl (C=O) groups is 1. The van der Waals surface area contributed by atoms with Crippen LogP contribution in [0, 0.1) is 5.92 Å². The van der Waals surface area contributed by atoms with Crippen molar-refractivity contribution in [2.45, 2.75) is 19.3 Å². The van der Waals surface area contributed by atoms with Gasteiger partial charge in [0.25, 0.3) is 0 Å². The van der Waals surface area contributed by atoms with E-state index in [0.717, 1.165) is 37.1 Å². The number of hydrogen-bond donors (Lipinski definition) is 1. The van der Waals surface area contributed by atoms with Gasteiger partial charge >= 0.3 is 0 Å². The third kappa shape index (κ3) is 2.04. The Morgan fingerprint density at radius 1 is 1.50 bits per heavy atom. The normalized spacial score (nSPS) is 20.1. The van der Waals surface area contributed by atoms with E-state index in [-0.39, 0.29) is 0 Å². The second kappa shape index (κ2) is 4.90. The van der Waals surface area contributed by atoms with Crippen LogP contribution in [0.3, 0.4) is 0 Å². The molecular weight excluding hydrogens is 226 g/mol.